The standard InChI is InChI=1S/C12H12I2O3/c1-12(2,3)11(16)17-10-8(13)4-7(6-15)5-9(10)14/h4-6H,1-3H3. The van der Waals surface area contributed by atoms with Crippen LogP contribution in [0.15, 0.2) is 12.1 Å². The molecule has 0 aliphatic rings. The number of rotatable bonds is 2. The number of halogens is 2. The van der Waals surface area contributed by atoms with Crippen molar-refractivity contribution in [3.8, 4) is 5.75 Å². The van der Waals surface area contributed by atoms with Crippen LogP contribution < -0.4 is 4.74 Å². The summed E-state index contributed by atoms with van der Waals surface area (Å²) in [6, 6.07) is 3.39. The van der Waals surface area contributed by atoms with E-state index in [0.717, 1.165) is 13.4 Å². The number of carbonyl (C=O) groups excluding carboxylic acids is 2. The molecule has 0 saturated carbocycles. The quantitative estimate of drug-likeness (QED) is 0.294. The van der Waals surface area contributed by atoms with Crippen LogP contribution in [-0.4, -0.2) is 12.3 Å². The third kappa shape index (κ3) is 3.90. The Morgan fingerprint density at radius 2 is 1.71 bits per heavy atom. The second-order valence-corrected chi connectivity index (χ2v) is 6.90. The summed E-state index contributed by atoms with van der Waals surface area (Å²) in [6.45, 7) is 5.40. The summed E-state index contributed by atoms with van der Waals surface area (Å²) in [6.07, 6.45) is 0.777. The van der Waals surface area contributed by atoms with E-state index >= 15 is 0 Å². The van der Waals surface area contributed by atoms with Gasteiger partial charge in [0.2, 0.25) is 0 Å². The normalized spacial score (nSPS) is 11.1. The first kappa shape index (κ1) is 14.9. The fraction of sp³-hybridized carbons (Fsp3) is 0.333. The Morgan fingerprint density at radius 1 is 1.24 bits per heavy atom. The first-order valence-electron chi connectivity index (χ1n) is 4.92. The molecule has 0 saturated heterocycles. The molecule has 0 aliphatic heterocycles. The minimum atomic E-state index is -0.546. The van der Waals surface area contributed by atoms with E-state index in [0.29, 0.717) is 11.3 Å². The zero-order valence-corrected chi connectivity index (χ0v) is 14.0. The highest BCUT2D eigenvalue weighted by Crippen LogP contribution is 2.30. The Balaban J connectivity index is 3.08. The van der Waals surface area contributed by atoms with Crippen LogP contribution in [0, 0.1) is 12.6 Å². The van der Waals surface area contributed by atoms with Gasteiger partial charge in [-0.05, 0) is 78.1 Å². The molecule has 5 heteroatoms. The second kappa shape index (κ2) is 5.64. The molecule has 0 N–H and O–H groups in total. The maximum Gasteiger partial charge on any atom is 0.316 e. The Labute approximate surface area is 128 Å². The van der Waals surface area contributed by atoms with Gasteiger partial charge >= 0.3 is 5.97 Å². The maximum absolute atomic E-state index is 11.8. The molecular weight excluding hydrogens is 446 g/mol. The lowest BCUT2D eigenvalue weighted by Crippen LogP contribution is -2.26. The molecule has 17 heavy (non-hydrogen) atoms. The molecule has 0 aliphatic carbocycles. The van der Waals surface area contributed by atoms with Crippen molar-refractivity contribution in [3.05, 3.63) is 24.8 Å². The van der Waals surface area contributed by atoms with Crippen molar-refractivity contribution < 1.29 is 14.3 Å². The summed E-state index contributed by atoms with van der Waals surface area (Å²) >= 11 is 4.11. The van der Waals surface area contributed by atoms with E-state index in [1.807, 2.05) is 0 Å². The van der Waals surface area contributed by atoms with Crippen molar-refractivity contribution in [2.75, 3.05) is 0 Å². The number of carbonyl (C=O) groups is 2. The summed E-state index contributed by atoms with van der Waals surface area (Å²) in [4.78, 5) is 22.5. The van der Waals surface area contributed by atoms with Crippen molar-refractivity contribution in [1.29, 1.82) is 0 Å². The van der Waals surface area contributed by atoms with Gasteiger partial charge in [-0.3, -0.25) is 9.59 Å². The van der Waals surface area contributed by atoms with Crippen molar-refractivity contribution >= 4 is 57.4 Å². The molecule has 0 aromatic heterocycles. The first-order chi connectivity index (χ1) is 7.75. The molecule has 1 aromatic carbocycles. The van der Waals surface area contributed by atoms with Crippen molar-refractivity contribution in [2.45, 2.75) is 20.8 Å². The zero-order chi connectivity index (χ0) is 13.2. The predicted molar refractivity (Wildman–Crippen MR) is 82.4 cm³/mol. The molecule has 1 aromatic rings. The lowest BCUT2D eigenvalue weighted by molar-refractivity contribution is -0.143. The highest BCUT2D eigenvalue weighted by Gasteiger charge is 2.25. The number of benzene rings is 1. The molecule has 0 amide bonds. The average molecular weight is 458 g/mol. The summed E-state index contributed by atoms with van der Waals surface area (Å²) in [7, 11) is 0. The van der Waals surface area contributed by atoms with Gasteiger partial charge in [-0.1, -0.05) is 0 Å². The van der Waals surface area contributed by atoms with E-state index < -0.39 is 5.41 Å². The van der Waals surface area contributed by atoms with Gasteiger partial charge in [0, 0.05) is 5.56 Å². The fourth-order valence-corrected chi connectivity index (χ4v) is 3.03. The molecule has 3 nitrogen and oxygen atoms in total. The first-order valence-corrected chi connectivity index (χ1v) is 7.08. The zero-order valence-electron chi connectivity index (χ0n) is 9.71. The van der Waals surface area contributed by atoms with Crippen LogP contribution >= 0.6 is 45.2 Å². The number of ether oxygens (including phenoxy) is 1. The lowest BCUT2D eigenvalue weighted by atomic mass is 9.97. The lowest BCUT2D eigenvalue weighted by Gasteiger charge is -2.18. The molecule has 0 atom stereocenters. The summed E-state index contributed by atoms with van der Waals surface area (Å²) in [5.74, 6) is 0.240. The minimum Gasteiger partial charge on any atom is -0.424 e. The third-order valence-electron chi connectivity index (χ3n) is 1.96. The van der Waals surface area contributed by atoms with Crippen molar-refractivity contribution in [2.24, 2.45) is 5.41 Å². The Morgan fingerprint density at radius 3 is 2.06 bits per heavy atom. The van der Waals surface area contributed by atoms with E-state index in [4.69, 9.17) is 4.74 Å². The van der Waals surface area contributed by atoms with Gasteiger partial charge in [-0.15, -0.1) is 0 Å². The van der Waals surface area contributed by atoms with Crippen LogP contribution in [-0.2, 0) is 4.79 Å². The van der Waals surface area contributed by atoms with E-state index in [2.05, 4.69) is 45.2 Å². The molecule has 0 heterocycles. The molecular formula is C12H12I2O3. The van der Waals surface area contributed by atoms with Gasteiger partial charge in [0.05, 0.1) is 12.6 Å². The van der Waals surface area contributed by atoms with Gasteiger partial charge in [0.25, 0.3) is 0 Å². The third-order valence-corrected chi connectivity index (χ3v) is 3.57. The Kier molecular flexibility index (Phi) is 4.94. The molecule has 0 radical (unpaired) electrons. The highest BCUT2D eigenvalue weighted by molar-refractivity contribution is 14.1. The van der Waals surface area contributed by atoms with Crippen LogP contribution in [0.3, 0.4) is 0 Å². The van der Waals surface area contributed by atoms with E-state index in [1.54, 1.807) is 32.9 Å². The van der Waals surface area contributed by atoms with E-state index in [1.165, 1.54) is 0 Å². The molecule has 0 unspecified atom stereocenters. The van der Waals surface area contributed by atoms with E-state index in [-0.39, 0.29) is 5.97 Å². The van der Waals surface area contributed by atoms with Crippen LogP contribution in [0.5, 0.6) is 5.75 Å². The highest BCUT2D eigenvalue weighted by atomic mass is 127. The minimum absolute atomic E-state index is 0.285. The second-order valence-electron chi connectivity index (χ2n) is 4.57. The molecule has 92 valence electrons. The SMILES string of the molecule is CC(C)(C)C(=O)Oc1c(I)cc(C=O)cc1I. The van der Waals surface area contributed by atoms with Gasteiger partial charge in [-0.25, -0.2) is 0 Å². The van der Waals surface area contributed by atoms with Gasteiger partial charge < -0.3 is 4.74 Å². The largest absolute Gasteiger partial charge is 0.424 e. The summed E-state index contributed by atoms with van der Waals surface area (Å²) in [5, 5.41) is 0. The maximum atomic E-state index is 11.8. The molecule has 0 spiro atoms. The molecule has 1 rings (SSSR count). The Hall–Kier alpha value is -0.180. The number of aldehydes is 1. The van der Waals surface area contributed by atoms with Crippen LogP contribution in [0.2, 0.25) is 0 Å². The molecule has 0 bridgehead atoms. The van der Waals surface area contributed by atoms with Crippen LogP contribution in [0.4, 0.5) is 0 Å². The van der Waals surface area contributed by atoms with Gasteiger partial charge in [0.15, 0.2) is 5.75 Å². The van der Waals surface area contributed by atoms with Crippen molar-refractivity contribution in [3.63, 3.8) is 0 Å². The topological polar surface area (TPSA) is 43.4 Å². The van der Waals surface area contributed by atoms with Crippen LogP contribution in [0.1, 0.15) is 31.1 Å². The fourth-order valence-electron chi connectivity index (χ4n) is 0.991. The number of hydrogen-bond acceptors (Lipinski definition) is 3. The summed E-state index contributed by atoms with van der Waals surface area (Å²) in [5.41, 5.74) is 0.0320. The smallest absolute Gasteiger partial charge is 0.316 e. The predicted octanol–water partition coefficient (Wildman–Crippen LogP) is 3.66. The van der Waals surface area contributed by atoms with Crippen molar-refractivity contribution in [1.82, 2.24) is 0 Å². The number of esters is 1. The monoisotopic (exact) mass is 458 g/mol. The van der Waals surface area contributed by atoms with E-state index in [9.17, 15) is 9.59 Å². The summed E-state index contributed by atoms with van der Waals surface area (Å²) < 4.78 is 6.89. The molecule has 0 fully saturated rings. The Bertz CT molecular complexity index is 438. The van der Waals surface area contributed by atoms with Gasteiger partial charge in [0.1, 0.15) is 6.29 Å². The number of hydrogen-bond donors (Lipinski definition) is 0. The van der Waals surface area contributed by atoms with Gasteiger partial charge in [-0.2, -0.15) is 0 Å². The average Bonchev–Trinajstić information content (AvgIpc) is 2.21. The van der Waals surface area contributed by atoms with Crippen LogP contribution in [0.25, 0.3) is 0 Å².